The molecule has 0 saturated heterocycles. The van der Waals surface area contributed by atoms with Gasteiger partial charge in [0.25, 0.3) is 0 Å². The highest BCUT2D eigenvalue weighted by Crippen LogP contribution is 2.29. The van der Waals surface area contributed by atoms with Gasteiger partial charge < -0.3 is 9.47 Å². The zero-order chi connectivity index (χ0) is 21.3. The van der Waals surface area contributed by atoms with Crippen LogP contribution in [0.5, 0.6) is 11.5 Å². The van der Waals surface area contributed by atoms with Gasteiger partial charge in [0, 0.05) is 10.9 Å². The maximum atomic E-state index is 12.5. The van der Waals surface area contributed by atoms with Crippen LogP contribution in [0.1, 0.15) is 16.7 Å². The number of rotatable bonds is 6. The van der Waals surface area contributed by atoms with E-state index in [0.717, 1.165) is 21.8 Å². The number of hydrogen-bond acceptors (Lipinski definition) is 6. The van der Waals surface area contributed by atoms with Gasteiger partial charge in [0.05, 0.1) is 26.3 Å². The minimum Gasteiger partial charge on any atom is -0.493 e. The van der Waals surface area contributed by atoms with Crippen molar-refractivity contribution >= 4 is 28.2 Å². The van der Waals surface area contributed by atoms with Crippen LogP contribution in [0.2, 0.25) is 0 Å². The number of carbonyl (C=O) groups excluding carboxylic acids is 1. The Bertz CT molecular complexity index is 1230. The van der Waals surface area contributed by atoms with Gasteiger partial charge in [-0.1, -0.05) is 29.8 Å². The SMILES string of the molecule is COc1ccc(CC(=O)Nc2nc3scc(-c4ccc(C)cc4C)n3n2)cc1OC. The fourth-order valence-electron chi connectivity index (χ4n) is 3.37. The molecule has 1 amide bonds. The number of anilines is 1. The van der Waals surface area contributed by atoms with Crippen LogP contribution >= 0.6 is 11.3 Å². The molecule has 0 radical (unpaired) electrons. The molecule has 2 aromatic heterocycles. The first-order valence-electron chi connectivity index (χ1n) is 9.41. The molecule has 0 unspecified atom stereocenters. The monoisotopic (exact) mass is 422 g/mol. The number of methoxy groups -OCH3 is 2. The summed E-state index contributed by atoms with van der Waals surface area (Å²) >= 11 is 1.49. The molecule has 0 fully saturated rings. The highest BCUT2D eigenvalue weighted by Gasteiger charge is 2.15. The number of nitrogens with zero attached hydrogens (tertiary/aromatic N) is 3. The molecule has 154 valence electrons. The molecular formula is C22H22N4O3S. The second-order valence-electron chi connectivity index (χ2n) is 6.98. The zero-order valence-corrected chi connectivity index (χ0v) is 18.0. The quantitative estimate of drug-likeness (QED) is 0.502. The normalized spacial score (nSPS) is 10.9. The summed E-state index contributed by atoms with van der Waals surface area (Å²) in [6.07, 6.45) is 0.178. The van der Waals surface area contributed by atoms with Crippen LogP contribution in [0.25, 0.3) is 16.2 Å². The van der Waals surface area contributed by atoms with Gasteiger partial charge in [-0.15, -0.1) is 16.4 Å². The average Bonchev–Trinajstić information content (AvgIpc) is 3.28. The molecule has 8 heteroatoms. The third-order valence-electron chi connectivity index (χ3n) is 4.80. The number of aromatic nitrogens is 3. The molecule has 0 spiro atoms. The number of benzene rings is 2. The van der Waals surface area contributed by atoms with E-state index < -0.39 is 0 Å². The van der Waals surface area contributed by atoms with Gasteiger partial charge >= 0.3 is 0 Å². The van der Waals surface area contributed by atoms with E-state index in [4.69, 9.17) is 9.47 Å². The van der Waals surface area contributed by atoms with E-state index in [0.29, 0.717) is 17.4 Å². The molecule has 4 aromatic rings. The van der Waals surface area contributed by atoms with Gasteiger partial charge in [0.1, 0.15) is 0 Å². The fourth-order valence-corrected chi connectivity index (χ4v) is 4.19. The van der Waals surface area contributed by atoms with Crippen molar-refractivity contribution in [3.63, 3.8) is 0 Å². The Morgan fingerprint density at radius 3 is 2.63 bits per heavy atom. The topological polar surface area (TPSA) is 77.8 Å². The number of carbonyl (C=O) groups is 1. The third kappa shape index (κ3) is 3.86. The van der Waals surface area contributed by atoms with Gasteiger partial charge in [0.15, 0.2) is 11.5 Å². The molecule has 4 rings (SSSR count). The Kier molecular flexibility index (Phi) is 5.41. The molecule has 7 nitrogen and oxygen atoms in total. The molecule has 0 atom stereocenters. The molecule has 2 heterocycles. The number of nitrogens with one attached hydrogen (secondary N) is 1. The Morgan fingerprint density at radius 2 is 1.90 bits per heavy atom. The number of ether oxygens (including phenoxy) is 2. The van der Waals surface area contributed by atoms with Gasteiger partial charge in [-0.05, 0) is 37.1 Å². The van der Waals surface area contributed by atoms with Crippen LogP contribution in [0, 0.1) is 13.8 Å². The number of thiazole rings is 1. The van der Waals surface area contributed by atoms with E-state index in [1.165, 1.54) is 22.5 Å². The van der Waals surface area contributed by atoms with Crippen LogP contribution in [0.3, 0.4) is 0 Å². The Balaban J connectivity index is 1.53. The van der Waals surface area contributed by atoms with Crippen LogP contribution in [0.4, 0.5) is 5.95 Å². The van der Waals surface area contributed by atoms with Crippen molar-refractivity contribution in [2.24, 2.45) is 0 Å². The summed E-state index contributed by atoms with van der Waals surface area (Å²) < 4.78 is 12.3. The van der Waals surface area contributed by atoms with E-state index in [1.54, 1.807) is 30.9 Å². The van der Waals surface area contributed by atoms with Crippen molar-refractivity contribution < 1.29 is 14.3 Å². The summed E-state index contributed by atoms with van der Waals surface area (Å²) in [5.41, 5.74) is 5.25. The Hall–Kier alpha value is -3.39. The second kappa shape index (κ2) is 8.16. The standard InChI is InChI=1S/C22H22N4O3S/c1-13-5-7-16(14(2)9-13)17-12-30-22-24-21(25-26(17)22)23-20(27)11-15-6-8-18(28-3)19(10-15)29-4/h5-10,12H,11H2,1-4H3,(H,23,25,27). The lowest BCUT2D eigenvalue weighted by molar-refractivity contribution is -0.115. The lowest BCUT2D eigenvalue weighted by Crippen LogP contribution is -2.15. The average molecular weight is 423 g/mol. The van der Waals surface area contributed by atoms with E-state index in [2.05, 4.69) is 47.4 Å². The minimum absolute atomic E-state index is 0.178. The second-order valence-corrected chi connectivity index (χ2v) is 7.82. The van der Waals surface area contributed by atoms with Crippen molar-refractivity contribution in [3.8, 4) is 22.8 Å². The molecule has 0 saturated carbocycles. The molecule has 0 aliphatic carbocycles. The van der Waals surface area contributed by atoms with Crippen LogP contribution < -0.4 is 14.8 Å². The maximum Gasteiger partial charge on any atom is 0.250 e. The summed E-state index contributed by atoms with van der Waals surface area (Å²) in [5, 5.41) is 9.31. The summed E-state index contributed by atoms with van der Waals surface area (Å²) in [7, 11) is 3.14. The van der Waals surface area contributed by atoms with E-state index in [-0.39, 0.29) is 12.3 Å². The number of hydrogen-bond donors (Lipinski definition) is 1. The molecule has 30 heavy (non-hydrogen) atoms. The van der Waals surface area contributed by atoms with Gasteiger partial charge in [-0.2, -0.15) is 4.98 Å². The summed E-state index contributed by atoms with van der Waals surface area (Å²) in [4.78, 5) is 17.7. The first-order chi connectivity index (χ1) is 14.5. The first-order valence-corrected chi connectivity index (χ1v) is 10.3. The Labute approximate surface area is 178 Å². The summed E-state index contributed by atoms with van der Waals surface area (Å²) in [6.45, 7) is 4.15. The van der Waals surface area contributed by atoms with Gasteiger partial charge in [-0.25, -0.2) is 4.52 Å². The molecular weight excluding hydrogens is 400 g/mol. The fraction of sp³-hybridized carbons (Fsp3) is 0.227. The van der Waals surface area contributed by atoms with Gasteiger partial charge in [-0.3, -0.25) is 10.1 Å². The first kappa shape index (κ1) is 19.9. The molecule has 0 aliphatic heterocycles. The third-order valence-corrected chi connectivity index (χ3v) is 5.62. The van der Waals surface area contributed by atoms with Crippen molar-refractivity contribution in [1.29, 1.82) is 0 Å². The minimum atomic E-state index is -0.200. The van der Waals surface area contributed by atoms with E-state index >= 15 is 0 Å². The number of amides is 1. The highest BCUT2D eigenvalue weighted by atomic mass is 32.1. The van der Waals surface area contributed by atoms with Crippen molar-refractivity contribution in [3.05, 3.63) is 58.5 Å². The molecule has 1 N–H and O–H groups in total. The van der Waals surface area contributed by atoms with Crippen LogP contribution in [0.15, 0.2) is 41.8 Å². The predicted molar refractivity (Wildman–Crippen MR) is 118 cm³/mol. The van der Waals surface area contributed by atoms with Gasteiger partial charge in [0.2, 0.25) is 16.8 Å². The number of fused-ring (bicyclic) bond motifs is 1. The summed E-state index contributed by atoms with van der Waals surface area (Å²) in [6, 6.07) is 11.7. The van der Waals surface area contributed by atoms with E-state index in [1.807, 2.05) is 11.4 Å². The molecule has 2 aromatic carbocycles. The van der Waals surface area contributed by atoms with Crippen molar-refractivity contribution in [2.45, 2.75) is 20.3 Å². The number of aryl methyl sites for hydroxylation is 2. The van der Waals surface area contributed by atoms with Crippen LogP contribution in [-0.4, -0.2) is 34.7 Å². The van der Waals surface area contributed by atoms with Crippen LogP contribution in [-0.2, 0) is 11.2 Å². The zero-order valence-electron chi connectivity index (χ0n) is 17.2. The Morgan fingerprint density at radius 1 is 1.10 bits per heavy atom. The summed E-state index contributed by atoms with van der Waals surface area (Å²) in [5.74, 6) is 1.30. The predicted octanol–water partition coefficient (Wildman–Crippen LogP) is 4.27. The molecule has 0 aliphatic rings. The van der Waals surface area contributed by atoms with Crippen molar-refractivity contribution in [1.82, 2.24) is 14.6 Å². The lowest BCUT2D eigenvalue weighted by Gasteiger charge is -2.09. The maximum absolute atomic E-state index is 12.5. The lowest BCUT2D eigenvalue weighted by atomic mass is 10.0. The largest absolute Gasteiger partial charge is 0.493 e. The smallest absolute Gasteiger partial charge is 0.250 e. The van der Waals surface area contributed by atoms with E-state index in [9.17, 15) is 4.79 Å². The van der Waals surface area contributed by atoms with Crippen molar-refractivity contribution in [2.75, 3.05) is 19.5 Å². The highest BCUT2D eigenvalue weighted by molar-refractivity contribution is 7.15. The molecule has 0 bridgehead atoms.